The van der Waals surface area contributed by atoms with E-state index in [4.69, 9.17) is 0 Å². The van der Waals surface area contributed by atoms with Gasteiger partial charge in [-0.25, -0.2) is 0 Å². The van der Waals surface area contributed by atoms with Crippen molar-refractivity contribution in [2.75, 3.05) is 13.1 Å². The maximum Gasteiger partial charge on any atom is 0.223 e. The van der Waals surface area contributed by atoms with Gasteiger partial charge >= 0.3 is 0 Å². The third kappa shape index (κ3) is 2.20. The third-order valence-electron chi connectivity index (χ3n) is 6.21. The first-order chi connectivity index (χ1) is 9.33. The van der Waals surface area contributed by atoms with Gasteiger partial charge in [0.1, 0.15) is 0 Å². The van der Waals surface area contributed by atoms with Crippen molar-refractivity contribution in [3.05, 3.63) is 0 Å². The fraction of sp³-hybridized carbons (Fsp3) is 0.938. The number of carbonyl (C=O) groups is 1. The van der Waals surface area contributed by atoms with Crippen molar-refractivity contribution in [2.45, 2.75) is 51.0 Å². The van der Waals surface area contributed by atoms with E-state index in [9.17, 15) is 4.79 Å². The van der Waals surface area contributed by atoms with Gasteiger partial charge in [0.05, 0.1) is 0 Å². The molecule has 5 unspecified atom stereocenters. The highest BCUT2D eigenvalue weighted by Crippen LogP contribution is 2.58. The first-order valence-electron chi connectivity index (χ1n) is 8.34. The molecular weight excluding hydrogens is 236 g/mol. The lowest BCUT2D eigenvalue weighted by Crippen LogP contribution is -2.42. The van der Waals surface area contributed by atoms with Crippen LogP contribution < -0.4 is 10.6 Å². The van der Waals surface area contributed by atoms with Crippen molar-refractivity contribution in [1.82, 2.24) is 10.6 Å². The normalized spacial score (nSPS) is 43.5. The van der Waals surface area contributed by atoms with Crippen LogP contribution in [0.3, 0.4) is 0 Å². The van der Waals surface area contributed by atoms with E-state index in [0.29, 0.717) is 5.92 Å². The van der Waals surface area contributed by atoms with Crippen molar-refractivity contribution >= 4 is 5.91 Å². The Hall–Kier alpha value is -0.570. The van der Waals surface area contributed by atoms with Gasteiger partial charge in [-0.1, -0.05) is 6.42 Å². The molecule has 0 radical (unpaired) electrons. The Morgan fingerprint density at radius 2 is 1.79 bits per heavy atom. The maximum atomic E-state index is 11.5. The first kappa shape index (κ1) is 12.2. The second-order valence-electron chi connectivity index (χ2n) is 7.28. The molecule has 0 spiro atoms. The van der Waals surface area contributed by atoms with E-state index < -0.39 is 0 Å². The standard InChI is InChI=1S/C16H26N2O/c19-16(10-4-5-10)18-7-6-17-15-9-11-8-14(15)13-3-1-2-12(11)13/h10-15,17H,1-9H2,(H,18,19). The van der Waals surface area contributed by atoms with Crippen molar-refractivity contribution in [3.8, 4) is 0 Å². The first-order valence-corrected chi connectivity index (χ1v) is 8.34. The lowest BCUT2D eigenvalue weighted by Gasteiger charge is -2.32. The van der Waals surface area contributed by atoms with Gasteiger partial charge in [-0.15, -0.1) is 0 Å². The van der Waals surface area contributed by atoms with Crippen LogP contribution in [-0.2, 0) is 4.79 Å². The molecule has 0 aromatic rings. The zero-order valence-corrected chi connectivity index (χ0v) is 11.7. The summed E-state index contributed by atoms with van der Waals surface area (Å²) in [6.45, 7) is 1.78. The largest absolute Gasteiger partial charge is 0.355 e. The molecule has 4 fully saturated rings. The lowest BCUT2D eigenvalue weighted by atomic mass is 9.79. The minimum absolute atomic E-state index is 0.283. The van der Waals surface area contributed by atoms with E-state index in [2.05, 4.69) is 10.6 Å². The summed E-state index contributed by atoms with van der Waals surface area (Å²) in [7, 11) is 0. The van der Waals surface area contributed by atoms with E-state index in [0.717, 1.165) is 55.6 Å². The summed E-state index contributed by atoms with van der Waals surface area (Å²) in [6, 6.07) is 0.752. The number of rotatable bonds is 5. The molecule has 0 heterocycles. The molecule has 4 saturated carbocycles. The van der Waals surface area contributed by atoms with E-state index >= 15 is 0 Å². The Balaban J connectivity index is 1.21. The number of carbonyl (C=O) groups excluding carboxylic acids is 1. The lowest BCUT2D eigenvalue weighted by molar-refractivity contribution is -0.122. The maximum absolute atomic E-state index is 11.5. The molecule has 19 heavy (non-hydrogen) atoms. The molecule has 5 atom stereocenters. The Bertz CT molecular complexity index is 366. The molecule has 0 saturated heterocycles. The average molecular weight is 262 g/mol. The summed E-state index contributed by atoms with van der Waals surface area (Å²) in [4.78, 5) is 11.5. The van der Waals surface area contributed by atoms with Gasteiger partial charge in [-0.05, 0) is 62.2 Å². The number of amides is 1. The van der Waals surface area contributed by atoms with Crippen molar-refractivity contribution < 1.29 is 4.79 Å². The van der Waals surface area contributed by atoms with Crippen LogP contribution in [0.4, 0.5) is 0 Å². The number of fused-ring (bicyclic) bond motifs is 5. The highest BCUT2D eigenvalue weighted by atomic mass is 16.2. The Morgan fingerprint density at radius 3 is 2.63 bits per heavy atom. The van der Waals surface area contributed by atoms with Gasteiger partial charge < -0.3 is 10.6 Å². The summed E-state index contributed by atoms with van der Waals surface area (Å²) in [5.41, 5.74) is 0. The van der Waals surface area contributed by atoms with Gasteiger partial charge in [-0.3, -0.25) is 4.79 Å². The van der Waals surface area contributed by atoms with Crippen LogP contribution in [0.1, 0.15) is 44.9 Å². The molecule has 106 valence electrons. The van der Waals surface area contributed by atoms with Crippen molar-refractivity contribution in [1.29, 1.82) is 0 Å². The summed E-state index contributed by atoms with van der Waals surface area (Å²) >= 11 is 0. The van der Waals surface area contributed by atoms with Crippen LogP contribution >= 0.6 is 0 Å². The van der Waals surface area contributed by atoms with Gasteiger partial charge in [-0.2, -0.15) is 0 Å². The molecule has 0 aromatic heterocycles. The van der Waals surface area contributed by atoms with Crippen LogP contribution in [-0.4, -0.2) is 25.0 Å². The molecule has 0 aromatic carbocycles. The van der Waals surface area contributed by atoms with Crippen molar-refractivity contribution in [3.63, 3.8) is 0 Å². The summed E-state index contributed by atoms with van der Waals surface area (Å²) in [5, 5.41) is 6.78. The number of nitrogens with one attached hydrogen (secondary N) is 2. The van der Waals surface area contributed by atoms with Gasteiger partial charge in [0.2, 0.25) is 5.91 Å². The Kier molecular flexibility index (Phi) is 3.06. The van der Waals surface area contributed by atoms with Crippen LogP contribution in [0.5, 0.6) is 0 Å². The van der Waals surface area contributed by atoms with Gasteiger partial charge in [0.15, 0.2) is 0 Å². The summed E-state index contributed by atoms with van der Waals surface area (Å²) in [5.74, 6) is 4.73. The summed E-state index contributed by atoms with van der Waals surface area (Å²) < 4.78 is 0. The zero-order chi connectivity index (χ0) is 12.8. The second kappa shape index (κ2) is 4.76. The SMILES string of the molecule is O=C(NCCNC1CC2CC1C1CCCC21)C1CC1. The van der Waals surface area contributed by atoms with Crippen LogP contribution in [0.15, 0.2) is 0 Å². The quantitative estimate of drug-likeness (QED) is 0.743. The Labute approximate surface area is 115 Å². The average Bonchev–Trinajstić information content (AvgIpc) is 2.86. The molecule has 2 N–H and O–H groups in total. The third-order valence-corrected chi connectivity index (χ3v) is 6.21. The zero-order valence-electron chi connectivity index (χ0n) is 11.7. The smallest absolute Gasteiger partial charge is 0.223 e. The van der Waals surface area contributed by atoms with Crippen LogP contribution in [0.25, 0.3) is 0 Å². The molecule has 2 bridgehead atoms. The summed E-state index contributed by atoms with van der Waals surface area (Å²) in [6.07, 6.45) is 9.58. The molecule has 0 aliphatic heterocycles. The highest BCUT2D eigenvalue weighted by molar-refractivity contribution is 5.80. The van der Waals surface area contributed by atoms with E-state index in [1.807, 2.05) is 0 Å². The molecule has 3 nitrogen and oxygen atoms in total. The Morgan fingerprint density at radius 1 is 0.947 bits per heavy atom. The van der Waals surface area contributed by atoms with Crippen molar-refractivity contribution in [2.24, 2.45) is 29.6 Å². The minimum Gasteiger partial charge on any atom is -0.355 e. The van der Waals surface area contributed by atoms with Crippen LogP contribution in [0.2, 0.25) is 0 Å². The van der Waals surface area contributed by atoms with Crippen LogP contribution in [0, 0.1) is 29.6 Å². The molecule has 3 heteroatoms. The number of hydrogen-bond acceptors (Lipinski definition) is 2. The molecule has 4 rings (SSSR count). The molecular formula is C16H26N2O. The predicted molar refractivity (Wildman–Crippen MR) is 74.6 cm³/mol. The number of hydrogen-bond donors (Lipinski definition) is 2. The van der Waals surface area contributed by atoms with E-state index in [-0.39, 0.29) is 5.91 Å². The highest BCUT2D eigenvalue weighted by Gasteiger charge is 2.53. The van der Waals surface area contributed by atoms with Gasteiger partial charge in [0.25, 0.3) is 0 Å². The topological polar surface area (TPSA) is 41.1 Å². The fourth-order valence-electron chi connectivity index (χ4n) is 5.24. The van der Waals surface area contributed by atoms with E-state index in [1.165, 1.54) is 32.1 Å². The van der Waals surface area contributed by atoms with E-state index in [1.54, 1.807) is 0 Å². The predicted octanol–water partition coefficient (Wildman–Crippen LogP) is 1.93. The minimum atomic E-state index is 0.283. The fourth-order valence-corrected chi connectivity index (χ4v) is 5.24. The second-order valence-corrected chi connectivity index (χ2v) is 7.28. The monoisotopic (exact) mass is 262 g/mol. The molecule has 4 aliphatic rings. The molecule has 4 aliphatic carbocycles. The molecule has 1 amide bonds. The van der Waals surface area contributed by atoms with Gasteiger partial charge in [0, 0.05) is 25.0 Å².